The summed E-state index contributed by atoms with van der Waals surface area (Å²) in [5, 5.41) is 9.24. The lowest BCUT2D eigenvalue weighted by Gasteiger charge is -2.07. The van der Waals surface area contributed by atoms with Gasteiger partial charge < -0.3 is 9.84 Å². The van der Waals surface area contributed by atoms with E-state index in [1.807, 2.05) is 24.3 Å². The summed E-state index contributed by atoms with van der Waals surface area (Å²) in [4.78, 5) is 0. The second kappa shape index (κ2) is 6.60. The fraction of sp³-hybridized carbons (Fsp3) is 0.200. The van der Waals surface area contributed by atoms with Crippen LogP contribution in [-0.2, 0) is 10.1 Å². The van der Waals surface area contributed by atoms with E-state index in [9.17, 15) is 13.5 Å². The number of benzene rings is 2. The normalized spacial score (nSPS) is 11.3. The van der Waals surface area contributed by atoms with Crippen molar-refractivity contribution in [3.05, 3.63) is 48.5 Å². The second-order valence-electron chi connectivity index (χ2n) is 4.56. The molecule has 0 heterocycles. The highest BCUT2D eigenvalue weighted by atomic mass is 32.2. The Morgan fingerprint density at radius 2 is 1.43 bits per heavy atom. The molecule has 5 nitrogen and oxygen atoms in total. The minimum atomic E-state index is -3.93. The Hall–Kier alpha value is -2.05. The van der Waals surface area contributed by atoms with E-state index in [0.29, 0.717) is 5.75 Å². The van der Waals surface area contributed by atoms with Crippen LogP contribution in [0.3, 0.4) is 0 Å². The van der Waals surface area contributed by atoms with Crippen molar-refractivity contribution in [3.8, 4) is 22.6 Å². The Morgan fingerprint density at radius 1 is 0.905 bits per heavy atom. The summed E-state index contributed by atoms with van der Waals surface area (Å²) in [6, 6.07) is 14.2. The zero-order valence-corrected chi connectivity index (χ0v) is 12.1. The van der Waals surface area contributed by atoms with Crippen molar-refractivity contribution in [2.45, 2.75) is 6.42 Å². The fourth-order valence-corrected chi connectivity index (χ4v) is 2.31. The predicted octanol–water partition coefficient (Wildman–Crippen LogP) is 2.72. The fourth-order valence-electron chi connectivity index (χ4n) is 1.83. The van der Waals surface area contributed by atoms with Gasteiger partial charge in [-0.05, 0) is 41.8 Å². The standard InChI is InChI=1S/C15H16O5S/c16-14-6-2-12(3-7-14)13-4-8-15(9-5-13)20-10-1-11-21(17,18)19/h2-9,16H,1,10-11H2,(H,17,18,19). The molecule has 0 unspecified atom stereocenters. The summed E-state index contributed by atoms with van der Waals surface area (Å²) >= 11 is 0. The van der Waals surface area contributed by atoms with Crippen molar-refractivity contribution in [2.75, 3.05) is 12.4 Å². The van der Waals surface area contributed by atoms with Crippen molar-refractivity contribution >= 4 is 10.1 Å². The van der Waals surface area contributed by atoms with Crippen LogP contribution in [0.15, 0.2) is 48.5 Å². The maximum Gasteiger partial charge on any atom is 0.264 e. The van der Waals surface area contributed by atoms with Crippen LogP contribution < -0.4 is 4.74 Å². The van der Waals surface area contributed by atoms with Gasteiger partial charge in [0, 0.05) is 0 Å². The molecule has 0 radical (unpaired) electrons. The Labute approximate surface area is 123 Å². The van der Waals surface area contributed by atoms with E-state index < -0.39 is 10.1 Å². The molecule has 0 saturated heterocycles. The average Bonchev–Trinajstić information content (AvgIpc) is 2.44. The topological polar surface area (TPSA) is 83.8 Å². The summed E-state index contributed by atoms with van der Waals surface area (Å²) in [6.45, 7) is 0.221. The van der Waals surface area contributed by atoms with Crippen LogP contribution in [0.1, 0.15) is 6.42 Å². The highest BCUT2D eigenvalue weighted by Gasteiger charge is 2.04. The summed E-state index contributed by atoms with van der Waals surface area (Å²) in [7, 11) is -3.93. The minimum absolute atomic E-state index is 0.220. The van der Waals surface area contributed by atoms with Crippen molar-refractivity contribution in [2.24, 2.45) is 0 Å². The first kappa shape index (κ1) is 15.3. The zero-order chi connectivity index (χ0) is 15.3. The second-order valence-corrected chi connectivity index (χ2v) is 6.13. The first-order valence-corrected chi connectivity index (χ1v) is 8.02. The van der Waals surface area contributed by atoms with Crippen molar-refractivity contribution in [1.82, 2.24) is 0 Å². The number of hydrogen-bond donors (Lipinski definition) is 2. The van der Waals surface area contributed by atoms with E-state index >= 15 is 0 Å². The van der Waals surface area contributed by atoms with Crippen molar-refractivity contribution in [1.29, 1.82) is 0 Å². The molecule has 0 aliphatic heterocycles. The summed E-state index contributed by atoms with van der Waals surface area (Å²) in [6.07, 6.45) is 0.235. The average molecular weight is 308 g/mol. The molecule has 0 bridgehead atoms. The van der Waals surface area contributed by atoms with E-state index in [1.165, 1.54) is 0 Å². The monoisotopic (exact) mass is 308 g/mol. The molecule has 0 aliphatic carbocycles. The molecule has 0 aromatic heterocycles. The molecule has 0 saturated carbocycles. The molecule has 0 aliphatic rings. The third kappa shape index (κ3) is 5.09. The van der Waals surface area contributed by atoms with Crippen LogP contribution in [0.2, 0.25) is 0 Å². The molecule has 0 atom stereocenters. The molecule has 0 spiro atoms. The summed E-state index contributed by atoms with van der Waals surface area (Å²) < 4.78 is 35.1. The number of ether oxygens (including phenoxy) is 1. The first-order valence-electron chi connectivity index (χ1n) is 6.41. The van der Waals surface area contributed by atoms with Gasteiger partial charge in [0.25, 0.3) is 10.1 Å². The number of phenolic OH excluding ortho intramolecular Hbond substituents is 1. The van der Waals surface area contributed by atoms with Crippen LogP contribution in [0.25, 0.3) is 11.1 Å². The van der Waals surface area contributed by atoms with Gasteiger partial charge in [0.15, 0.2) is 0 Å². The van der Waals surface area contributed by atoms with Gasteiger partial charge in [0.2, 0.25) is 0 Å². The SMILES string of the molecule is O=S(=O)(O)CCCOc1ccc(-c2ccc(O)cc2)cc1. The lowest BCUT2D eigenvalue weighted by atomic mass is 10.1. The van der Waals surface area contributed by atoms with Crippen molar-refractivity contribution in [3.63, 3.8) is 0 Å². The van der Waals surface area contributed by atoms with E-state index in [1.54, 1.807) is 24.3 Å². The van der Waals surface area contributed by atoms with Gasteiger partial charge >= 0.3 is 0 Å². The Bertz CT molecular complexity index is 675. The Morgan fingerprint density at radius 3 is 1.95 bits per heavy atom. The third-order valence-corrected chi connectivity index (χ3v) is 3.67. The van der Waals surface area contributed by atoms with Crippen LogP contribution in [0.4, 0.5) is 0 Å². The summed E-state index contributed by atoms with van der Waals surface area (Å²) in [5.41, 5.74) is 1.96. The molecule has 2 aromatic rings. The van der Waals surface area contributed by atoms with E-state index in [2.05, 4.69) is 0 Å². The third-order valence-electron chi connectivity index (χ3n) is 2.87. The quantitative estimate of drug-likeness (QED) is 0.633. The van der Waals surface area contributed by atoms with Gasteiger partial charge in [-0.3, -0.25) is 4.55 Å². The molecule has 112 valence electrons. The van der Waals surface area contributed by atoms with Crippen LogP contribution in [0.5, 0.6) is 11.5 Å². The smallest absolute Gasteiger partial charge is 0.264 e. The molecule has 2 N–H and O–H groups in total. The number of hydrogen-bond acceptors (Lipinski definition) is 4. The maximum atomic E-state index is 10.6. The molecule has 6 heteroatoms. The summed E-state index contributed by atoms with van der Waals surface area (Å²) in [5.74, 6) is 0.545. The van der Waals surface area contributed by atoms with Gasteiger partial charge in [0.1, 0.15) is 11.5 Å². The molecule has 0 fully saturated rings. The molecule has 21 heavy (non-hydrogen) atoms. The largest absolute Gasteiger partial charge is 0.508 e. The molecule has 2 rings (SSSR count). The molecular weight excluding hydrogens is 292 g/mol. The highest BCUT2D eigenvalue weighted by Crippen LogP contribution is 2.24. The number of rotatable bonds is 6. The maximum absolute atomic E-state index is 10.6. The first-order chi connectivity index (χ1) is 9.94. The number of aromatic hydroxyl groups is 1. The number of phenols is 1. The Balaban J connectivity index is 1.91. The van der Waals surface area contributed by atoms with Crippen LogP contribution in [0, 0.1) is 0 Å². The predicted molar refractivity (Wildman–Crippen MR) is 80.1 cm³/mol. The Kier molecular flexibility index (Phi) is 4.82. The molecule has 2 aromatic carbocycles. The van der Waals surface area contributed by atoms with E-state index in [4.69, 9.17) is 9.29 Å². The van der Waals surface area contributed by atoms with Crippen molar-refractivity contribution < 1.29 is 22.8 Å². The zero-order valence-electron chi connectivity index (χ0n) is 11.3. The molecule has 0 amide bonds. The van der Waals surface area contributed by atoms with Crippen LogP contribution in [-0.4, -0.2) is 30.4 Å². The van der Waals surface area contributed by atoms with Crippen LogP contribution >= 0.6 is 0 Å². The van der Waals surface area contributed by atoms with Gasteiger partial charge in [-0.25, -0.2) is 0 Å². The van der Waals surface area contributed by atoms with E-state index in [-0.39, 0.29) is 24.5 Å². The highest BCUT2D eigenvalue weighted by molar-refractivity contribution is 7.85. The lowest BCUT2D eigenvalue weighted by molar-refractivity contribution is 0.316. The minimum Gasteiger partial charge on any atom is -0.508 e. The van der Waals surface area contributed by atoms with E-state index in [0.717, 1.165) is 11.1 Å². The van der Waals surface area contributed by atoms with Gasteiger partial charge in [-0.1, -0.05) is 24.3 Å². The van der Waals surface area contributed by atoms with Gasteiger partial charge in [0.05, 0.1) is 12.4 Å². The lowest BCUT2D eigenvalue weighted by Crippen LogP contribution is -2.08. The molecular formula is C15H16O5S. The van der Waals surface area contributed by atoms with Gasteiger partial charge in [-0.15, -0.1) is 0 Å². The van der Waals surface area contributed by atoms with Gasteiger partial charge in [-0.2, -0.15) is 8.42 Å².